The summed E-state index contributed by atoms with van der Waals surface area (Å²) in [6.45, 7) is 2.89. The zero-order valence-corrected chi connectivity index (χ0v) is 11.8. The van der Waals surface area contributed by atoms with Crippen LogP contribution in [0.4, 0.5) is 0 Å². The summed E-state index contributed by atoms with van der Waals surface area (Å²) < 4.78 is 0.993. The van der Waals surface area contributed by atoms with Crippen molar-refractivity contribution in [2.45, 2.75) is 25.8 Å². The molecule has 4 nitrogen and oxygen atoms in total. The lowest BCUT2D eigenvalue weighted by Crippen LogP contribution is -2.20. The van der Waals surface area contributed by atoms with E-state index >= 15 is 0 Å². The van der Waals surface area contributed by atoms with Gasteiger partial charge in [-0.1, -0.05) is 0 Å². The fraction of sp³-hybridized carbons (Fsp3) is 0.538. The summed E-state index contributed by atoms with van der Waals surface area (Å²) in [6, 6.07) is 4.02. The summed E-state index contributed by atoms with van der Waals surface area (Å²) in [5.41, 5.74) is 1.07. The van der Waals surface area contributed by atoms with Crippen molar-refractivity contribution in [3.8, 4) is 0 Å². The predicted molar refractivity (Wildman–Crippen MR) is 72.2 cm³/mol. The van der Waals surface area contributed by atoms with Crippen LogP contribution in [0.15, 0.2) is 22.8 Å². The van der Waals surface area contributed by atoms with Crippen LogP contribution in [0.2, 0.25) is 0 Å². The van der Waals surface area contributed by atoms with E-state index in [1.54, 1.807) is 0 Å². The van der Waals surface area contributed by atoms with E-state index in [1.165, 1.54) is 0 Å². The lowest BCUT2D eigenvalue weighted by Gasteiger charge is -2.15. The van der Waals surface area contributed by atoms with Gasteiger partial charge in [0, 0.05) is 30.2 Å². The van der Waals surface area contributed by atoms with Gasteiger partial charge in [-0.05, 0) is 53.4 Å². The Balaban J connectivity index is 1.78. The first-order valence-corrected chi connectivity index (χ1v) is 6.97. The minimum absolute atomic E-state index is 0.287. The third-order valence-corrected chi connectivity index (χ3v) is 3.78. The van der Waals surface area contributed by atoms with Crippen molar-refractivity contribution in [2.75, 3.05) is 13.1 Å². The van der Waals surface area contributed by atoms with E-state index in [0.717, 1.165) is 42.6 Å². The minimum Gasteiger partial charge on any atom is -0.481 e. The van der Waals surface area contributed by atoms with E-state index in [-0.39, 0.29) is 6.42 Å². The molecule has 18 heavy (non-hydrogen) atoms. The van der Waals surface area contributed by atoms with Crippen LogP contribution < -0.4 is 0 Å². The maximum Gasteiger partial charge on any atom is 0.303 e. The monoisotopic (exact) mass is 312 g/mol. The van der Waals surface area contributed by atoms with Crippen LogP contribution in [-0.4, -0.2) is 34.0 Å². The van der Waals surface area contributed by atoms with E-state index in [2.05, 4.69) is 25.8 Å². The second-order valence-corrected chi connectivity index (χ2v) is 5.71. The summed E-state index contributed by atoms with van der Waals surface area (Å²) in [6.07, 6.45) is 3.99. The van der Waals surface area contributed by atoms with Crippen LogP contribution in [-0.2, 0) is 11.3 Å². The predicted octanol–water partition coefficient (Wildman–Crippen LogP) is 2.53. The minimum atomic E-state index is -0.692. The number of carboxylic acids is 1. The van der Waals surface area contributed by atoms with Crippen LogP contribution in [0.3, 0.4) is 0 Å². The molecular weight excluding hydrogens is 296 g/mol. The Morgan fingerprint density at radius 3 is 3.06 bits per heavy atom. The van der Waals surface area contributed by atoms with E-state index in [9.17, 15) is 4.79 Å². The number of carboxylic acid groups (broad SMARTS) is 1. The highest BCUT2D eigenvalue weighted by atomic mass is 79.9. The second-order valence-electron chi connectivity index (χ2n) is 4.79. The highest BCUT2D eigenvalue weighted by Gasteiger charge is 2.23. The first-order valence-electron chi connectivity index (χ1n) is 6.18. The van der Waals surface area contributed by atoms with Crippen LogP contribution in [0.1, 0.15) is 25.0 Å². The molecule has 0 amide bonds. The van der Waals surface area contributed by atoms with Gasteiger partial charge in [-0.2, -0.15) is 0 Å². The molecule has 5 heteroatoms. The summed E-state index contributed by atoms with van der Waals surface area (Å²) in [4.78, 5) is 17.2. The van der Waals surface area contributed by atoms with Crippen molar-refractivity contribution in [1.82, 2.24) is 9.88 Å². The van der Waals surface area contributed by atoms with E-state index in [4.69, 9.17) is 5.11 Å². The fourth-order valence-corrected chi connectivity index (χ4v) is 2.58. The number of aliphatic carboxylic acids is 1. The summed E-state index contributed by atoms with van der Waals surface area (Å²) in [7, 11) is 0. The van der Waals surface area contributed by atoms with Gasteiger partial charge >= 0.3 is 5.97 Å². The summed E-state index contributed by atoms with van der Waals surface area (Å²) in [5.74, 6) is -0.167. The van der Waals surface area contributed by atoms with Crippen molar-refractivity contribution >= 4 is 21.9 Å². The quantitative estimate of drug-likeness (QED) is 0.907. The molecule has 2 heterocycles. The Kier molecular flexibility index (Phi) is 4.72. The lowest BCUT2D eigenvalue weighted by molar-refractivity contribution is -0.137. The number of rotatable bonds is 5. The molecule has 1 N–H and O–H groups in total. The number of pyridine rings is 1. The van der Waals surface area contributed by atoms with Gasteiger partial charge in [0.15, 0.2) is 0 Å². The van der Waals surface area contributed by atoms with Crippen molar-refractivity contribution in [3.63, 3.8) is 0 Å². The molecular formula is C13H17BrN2O2. The highest BCUT2D eigenvalue weighted by Crippen LogP contribution is 2.22. The maximum atomic E-state index is 10.5. The lowest BCUT2D eigenvalue weighted by atomic mass is 10.0. The van der Waals surface area contributed by atoms with Crippen molar-refractivity contribution < 1.29 is 9.90 Å². The molecule has 1 aliphatic rings. The number of aromatic nitrogens is 1. The van der Waals surface area contributed by atoms with Gasteiger partial charge < -0.3 is 5.11 Å². The molecule has 0 saturated carbocycles. The molecule has 98 valence electrons. The average molecular weight is 313 g/mol. The second kappa shape index (κ2) is 6.29. The largest absolute Gasteiger partial charge is 0.481 e. The number of hydrogen-bond acceptors (Lipinski definition) is 3. The van der Waals surface area contributed by atoms with Crippen LogP contribution in [0.25, 0.3) is 0 Å². The van der Waals surface area contributed by atoms with Gasteiger partial charge in [0.25, 0.3) is 0 Å². The summed E-state index contributed by atoms with van der Waals surface area (Å²) >= 11 is 3.37. The van der Waals surface area contributed by atoms with Gasteiger partial charge in [0.05, 0.1) is 5.69 Å². The smallest absolute Gasteiger partial charge is 0.303 e. The molecule has 0 radical (unpaired) electrons. The molecule has 1 unspecified atom stereocenters. The molecule has 1 atom stereocenters. The van der Waals surface area contributed by atoms with Crippen LogP contribution in [0, 0.1) is 5.92 Å². The van der Waals surface area contributed by atoms with E-state index < -0.39 is 5.97 Å². The summed E-state index contributed by atoms with van der Waals surface area (Å²) in [5, 5.41) is 8.67. The third kappa shape index (κ3) is 4.07. The molecule has 1 aliphatic heterocycles. The molecule has 0 spiro atoms. The van der Waals surface area contributed by atoms with E-state index in [0.29, 0.717) is 5.92 Å². The van der Waals surface area contributed by atoms with Crippen LogP contribution in [0.5, 0.6) is 0 Å². The molecule has 1 saturated heterocycles. The Morgan fingerprint density at radius 2 is 2.39 bits per heavy atom. The first kappa shape index (κ1) is 13.5. The Bertz CT molecular complexity index is 408. The Morgan fingerprint density at radius 1 is 1.56 bits per heavy atom. The molecule has 0 bridgehead atoms. The zero-order valence-electron chi connectivity index (χ0n) is 10.2. The topological polar surface area (TPSA) is 53.4 Å². The highest BCUT2D eigenvalue weighted by molar-refractivity contribution is 9.10. The molecule has 2 rings (SSSR count). The first-order chi connectivity index (χ1) is 8.63. The fourth-order valence-electron chi connectivity index (χ4n) is 2.35. The molecule has 1 fully saturated rings. The number of carbonyl (C=O) groups is 1. The van der Waals surface area contributed by atoms with Gasteiger partial charge in [-0.25, -0.2) is 0 Å². The van der Waals surface area contributed by atoms with Gasteiger partial charge in [0.1, 0.15) is 0 Å². The average Bonchev–Trinajstić information content (AvgIpc) is 2.77. The van der Waals surface area contributed by atoms with Gasteiger partial charge in [0.2, 0.25) is 0 Å². The number of halogens is 1. The molecule has 0 aliphatic carbocycles. The molecule has 1 aromatic heterocycles. The van der Waals surface area contributed by atoms with Gasteiger partial charge in [-0.15, -0.1) is 0 Å². The zero-order chi connectivity index (χ0) is 13.0. The maximum absolute atomic E-state index is 10.5. The standard InChI is InChI=1S/C13H17BrN2O2/c14-11-2-3-12(15-7-11)9-16-6-5-10(8-16)1-4-13(17)18/h2-3,7,10H,1,4-6,8-9H2,(H,17,18). The van der Waals surface area contributed by atoms with Crippen LogP contribution >= 0.6 is 15.9 Å². The third-order valence-electron chi connectivity index (χ3n) is 3.31. The van der Waals surface area contributed by atoms with E-state index in [1.807, 2.05) is 18.3 Å². The number of nitrogens with zero attached hydrogens (tertiary/aromatic N) is 2. The Hall–Kier alpha value is -0.940. The van der Waals surface area contributed by atoms with Gasteiger partial charge in [-0.3, -0.25) is 14.7 Å². The normalized spacial score (nSPS) is 20.2. The Labute approximate surface area is 115 Å². The SMILES string of the molecule is O=C(O)CCC1CCN(Cc2ccc(Br)cn2)C1. The number of likely N-dealkylation sites (tertiary alicyclic amines) is 1. The number of hydrogen-bond donors (Lipinski definition) is 1. The van der Waals surface area contributed by atoms with Crippen molar-refractivity contribution in [1.29, 1.82) is 0 Å². The van der Waals surface area contributed by atoms with Crippen molar-refractivity contribution in [3.05, 3.63) is 28.5 Å². The molecule has 1 aromatic rings. The molecule has 0 aromatic carbocycles. The van der Waals surface area contributed by atoms with Crippen molar-refractivity contribution in [2.24, 2.45) is 5.92 Å².